The predicted molar refractivity (Wildman–Crippen MR) is 125 cm³/mol. The summed E-state index contributed by atoms with van der Waals surface area (Å²) in [5.41, 5.74) is 6.99. The lowest BCUT2D eigenvalue weighted by molar-refractivity contribution is -0.138. The largest absolute Gasteiger partial charge is 0.480 e. The summed E-state index contributed by atoms with van der Waals surface area (Å²) >= 11 is 0. The lowest BCUT2D eigenvalue weighted by Gasteiger charge is -2.34. The molecule has 0 spiro atoms. The van der Waals surface area contributed by atoms with Crippen LogP contribution in [0.2, 0.25) is 0 Å². The van der Waals surface area contributed by atoms with Crippen LogP contribution in [0.15, 0.2) is 36.4 Å². The maximum atomic E-state index is 12.2. The Morgan fingerprint density at radius 3 is 2.59 bits per heavy atom. The van der Waals surface area contributed by atoms with Gasteiger partial charge >= 0.3 is 12.1 Å². The molecule has 2 unspecified atom stereocenters. The monoisotopic (exact) mass is 436 g/mol. The number of alkyl carbamates (subject to hydrolysis) is 1. The standard InChI is InChI=1S/C26H32N2O4/c1-15(2)22(27-26(31)32-4)14-18-10-11-20-19-8-6-5-7-17(19)13-21(20)24(18)28-16(3)9-12-23(28)25(29)30/h5-8,10-11,15-16,22-23H,9,12-14H2,1-4H3,(H,27,31)(H,29,30)/t16?,22-,23?/m0/s1. The van der Waals surface area contributed by atoms with E-state index in [1.165, 1.54) is 29.4 Å². The molecule has 2 aromatic carbocycles. The fourth-order valence-corrected chi connectivity index (χ4v) is 5.23. The number of ether oxygens (including phenoxy) is 1. The van der Waals surface area contributed by atoms with Gasteiger partial charge in [0, 0.05) is 24.2 Å². The number of hydrogen-bond acceptors (Lipinski definition) is 4. The van der Waals surface area contributed by atoms with Crippen LogP contribution in [-0.2, 0) is 22.4 Å². The minimum absolute atomic E-state index is 0.121. The molecule has 32 heavy (non-hydrogen) atoms. The number of nitrogens with one attached hydrogen (secondary N) is 1. The number of carboxylic acid groups (broad SMARTS) is 1. The number of rotatable bonds is 6. The molecule has 1 aliphatic carbocycles. The molecule has 0 aromatic heterocycles. The van der Waals surface area contributed by atoms with Crippen LogP contribution in [-0.4, -0.2) is 42.4 Å². The van der Waals surface area contributed by atoms with Crippen molar-refractivity contribution in [2.45, 2.75) is 64.6 Å². The fourth-order valence-electron chi connectivity index (χ4n) is 5.23. The van der Waals surface area contributed by atoms with Crippen molar-refractivity contribution in [3.05, 3.63) is 53.1 Å². The second-order valence-corrected chi connectivity index (χ2v) is 9.31. The number of aliphatic carboxylic acids is 1. The van der Waals surface area contributed by atoms with Crippen molar-refractivity contribution < 1.29 is 19.4 Å². The number of fused-ring (bicyclic) bond motifs is 3. The molecule has 0 saturated carbocycles. The Morgan fingerprint density at radius 1 is 1.16 bits per heavy atom. The first-order valence-corrected chi connectivity index (χ1v) is 11.4. The highest BCUT2D eigenvalue weighted by Gasteiger charge is 2.39. The van der Waals surface area contributed by atoms with E-state index < -0.39 is 18.1 Å². The topological polar surface area (TPSA) is 78.9 Å². The van der Waals surface area contributed by atoms with Gasteiger partial charge in [0.1, 0.15) is 6.04 Å². The predicted octanol–water partition coefficient (Wildman–Crippen LogP) is 4.62. The molecule has 170 valence electrons. The third-order valence-electron chi connectivity index (χ3n) is 6.99. The van der Waals surface area contributed by atoms with E-state index in [-0.39, 0.29) is 18.0 Å². The van der Waals surface area contributed by atoms with Crippen LogP contribution in [0.4, 0.5) is 10.5 Å². The zero-order valence-corrected chi connectivity index (χ0v) is 19.2. The van der Waals surface area contributed by atoms with Gasteiger partial charge in [-0.2, -0.15) is 0 Å². The SMILES string of the molecule is COC(=O)N[C@@H](Cc1ccc2c(c1N1C(C)CCC1C(=O)O)Cc1ccccc1-2)C(C)C. The summed E-state index contributed by atoms with van der Waals surface area (Å²) in [4.78, 5) is 26.2. The van der Waals surface area contributed by atoms with E-state index in [1.54, 1.807) is 0 Å². The summed E-state index contributed by atoms with van der Waals surface area (Å²) < 4.78 is 4.84. The maximum absolute atomic E-state index is 12.2. The van der Waals surface area contributed by atoms with Gasteiger partial charge in [-0.3, -0.25) is 0 Å². The van der Waals surface area contributed by atoms with Crippen LogP contribution in [0.25, 0.3) is 11.1 Å². The molecule has 1 aliphatic heterocycles. The van der Waals surface area contributed by atoms with E-state index in [4.69, 9.17) is 4.74 Å². The highest BCUT2D eigenvalue weighted by atomic mass is 16.5. The summed E-state index contributed by atoms with van der Waals surface area (Å²) in [6.45, 7) is 6.25. The van der Waals surface area contributed by atoms with Crippen LogP contribution >= 0.6 is 0 Å². The molecule has 1 fully saturated rings. The Morgan fingerprint density at radius 2 is 1.91 bits per heavy atom. The summed E-state index contributed by atoms with van der Waals surface area (Å²) in [5, 5.41) is 12.9. The van der Waals surface area contributed by atoms with Crippen molar-refractivity contribution in [2.24, 2.45) is 5.92 Å². The van der Waals surface area contributed by atoms with Crippen molar-refractivity contribution in [3.63, 3.8) is 0 Å². The van der Waals surface area contributed by atoms with Gasteiger partial charge in [0.25, 0.3) is 0 Å². The first-order chi connectivity index (χ1) is 15.3. The third kappa shape index (κ3) is 3.94. The number of carboxylic acids is 1. The molecule has 1 amide bonds. The van der Waals surface area contributed by atoms with Gasteiger partial charge in [-0.1, -0.05) is 50.2 Å². The zero-order chi connectivity index (χ0) is 23.0. The molecule has 2 aromatic rings. The van der Waals surface area contributed by atoms with E-state index in [2.05, 4.69) is 67.4 Å². The van der Waals surface area contributed by atoms with Gasteiger partial charge in [0.05, 0.1) is 7.11 Å². The Hall–Kier alpha value is -3.02. The highest BCUT2D eigenvalue weighted by Crippen LogP contribution is 2.46. The minimum Gasteiger partial charge on any atom is -0.480 e. The van der Waals surface area contributed by atoms with E-state index >= 15 is 0 Å². The molecule has 2 N–H and O–H groups in total. The van der Waals surface area contributed by atoms with E-state index in [1.807, 2.05) is 0 Å². The Bertz CT molecular complexity index is 1030. The van der Waals surface area contributed by atoms with E-state index in [0.29, 0.717) is 12.8 Å². The maximum Gasteiger partial charge on any atom is 0.407 e. The molecule has 6 heteroatoms. The molecular weight excluding hydrogens is 404 g/mol. The molecule has 3 atom stereocenters. The number of hydrogen-bond donors (Lipinski definition) is 2. The number of methoxy groups -OCH3 is 1. The number of carbonyl (C=O) groups is 2. The molecule has 1 heterocycles. The molecular formula is C26H32N2O4. The van der Waals surface area contributed by atoms with Crippen molar-refractivity contribution in [1.29, 1.82) is 0 Å². The van der Waals surface area contributed by atoms with Crippen molar-refractivity contribution in [3.8, 4) is 11.1 Å². The van der Waals surface area contributed by atoms with Crippen molar-refractivity contribution in [1.82, 2.24) is 5.32 Å². The fraction of sp³-hybridized carbons (Fsp3) is 0.462. The van der Waals surface area contributed by atoms with Gasteiger partial charge in [-0.15, -0.1) is 0 Å². The minimum atomic E-state index is -0.776. The Kier molecular flexibility index (Phi) is 6.13. The number of benzene rings is 2. The van der Waals surface area contributed by atoms with Gasteiger partial charge < -0.3 is 20.1 Å². The highest BCUT2D eigenvalue weighted by molar-refractivity contribution is 5.87. The first-order valence-electron chi connectivity index (χ1n) is 11.4. The van der Waals surface area contributed by atoms with E-state index in [9.17, 15) is 14.7 Å². The van der Waals surface area contributed by atoms with Crippen molar-refractivity contribution >= 4 is 17.7 Å². The molecule has 1 saturated heterocycles. The molecule has 4 rings (SSSR count). The molecule has 6 nitrogen and oxygen atoms in total. The number of anilines is 1. The number of amides is 1. The third-order valence-corrected chi connectivity index (χ3v) is 6.99. The lowest BCUT2D eigenvalue weighted by atomic mass is 9.91. The van der Waals surface area contributed by atoms with Crippen molar-refractivity contribution in [2.75, 3.05) is 12.0 Å². The smallest absolute Gasteiger partial charge is 0.407 e. The van der Waals surface area contributed by atoms with Crippen LogP contribution in [0.5, 0.6) is 0 Å². The van der Waals surface area contributed by atoms with Crippen LogP contribution in [0.3, 0.4) is 0 Å². The van der Waals surface area contributed by atoms with Gasteiger partial charge in [-0.05, 0) is 59.9 Å². The molecule has 2 aliphatic rings. The average molecular weight is 437 g/mol. The van der Waals surface area contributed by atoms with Crippen LogP contribution < -0.4 is 10.2 Å². The average Bonchev–Trinajstić information content (AvgIpc) is 3.33. The Labute approximate surface area is 189 Å². The molecule has 0 radical (unpaired) electrons. The normalized spacial score (nSPS) is 20.1. The van der Waals surface area contributed by atoms with Gasteiger partial charge in [-0.25, -0.2) is 9.59 Å². The van der Waals surface area contributed by atoms with Gasteiger partial charge in [0.15, 0.2) is 0 Å². The van der Waals surface area contributed by atoms with Crippen LogP contribution in [0, 0.1) is 5.92 Å². The zero-order valence-electron chi connectivity index (χ0n) is 19.2. The van der Waals surface area contributed by atoms with E-state index in [0.717, 1.165) is 24.1 Å². The second kappa shape index (κ2) is 8.85. The number of carbonyl (C=O) groups excluding carboxylic acids is 1. The van der Waals surface area contributed by atoms with Gasteiger partial charge in [0.2, 0.25) is 0 Å². The second-order valence-electron chi connectivity index (χ2n) is 9.31. The summed E-state index contributed by atoms with van der Waals surface area (Å²) in [6.07, 6.45) is 2.45. The lowest BCUT2D eigenvalue weighted by Crippen LogP contribution is -2.43. The Balaban J connectivity index is 1.83. The molecule has 0 bridgehead atoms. The summed E-state index contributed by atoms with van der Waals surface area (Å²) in [5.74, 6) is -0.583. The summed E-state index contributed by atoms with van der Waals surface area (Å²) in [6, 6.07) is 12.2. The number of nitrogens with zero attached hydrogens (tertiary/aromatic N) is 1. The first kappa shape index (κ1) is 22.2. The quantitative estimate of drug-likeness (QED) is 0.589. The van der Waals surface area contributed by atoms with Crippen LogP contribution in [0.1, 0.15) is 50.3 Å². The summed E-state index contributed by atoms with van der Waals surface area (Å²) in [7, 11) is 1.37.